The summed E-state index contributed by atoms with van der Waals surface area (Å²) in [6, 6.07) is 46.2. The van der Waals surface area contributed by atoms with E-state index in [-0.39, 0.29) is 23.1 Å². The first kappa shape index (κ1) is 33.7. The Labute approximate surface area is 340 Å². The molecule has 57 heavy (non-hydrogen) atoms. The van der Waals surface area contributed by atoms with Crippen molar-refractivity contribution in [2.75, 3.05) is 9.71 Å². The maximum atomic E-state index is 6.84. The van der Waals surface area contributed by atoms with Crippen molar-refractivity contribution in [3.63, 3.8) is 0 Å². The summed E-state index contributed by atoms with van der Waals surface area (Å²) < 4.78 is 6.84. The van der Waals surface area contributed by atoms with E-state index in [1.54, 1.807) is 0 Å². The molecule has 7 aromatic rings. The number of hydrogen-bond acceptors (Lipinski definition) is 4. The minimum Gasteiger partial charge on any atom is -0.455 e. The Hall–Kier alpha value is -5.39. The second kappa shape index (κ2) is 11.2. The highest BCUT2D eigenvalue weighted by Gasteiger charge is 2.51. The van der Waals surface area contributed by atoms with Gasteiger partial charge in [0.1, 0.15) is 11.5 Å². The lowest BCUT2D eigenvalue weighted by Crippen LogP contribution is -2.63. The normalized spacial score (nSPS) is 18.0. The van der Waals surface area contributed by atoms with Gasteiger partial charge in [0.15, 0.2) is 0 Å². The Bertz CT molecular complexity index is 2940. The molecule has 4 aliphatic heterocycles. The fraction of sp³-hybridized carbons (Fsp3) is 0.231. The maximum absolute atomic E-state index is 6.84. The van der Waals surface area contributed by atoms with Crippen LogP contribution in [-0.2, 0) is 16.2 Å². The molecular formula is C52H45BN2OS. The third-order valence-corrected chi connectivity index (χ3v) is 15.3. The highest BCUT2D eigenvalue weighted by atomic mass is 32.2. The molecule has 0 saturated heterocycles. The highest BCUT2D eigenvalue weighted by Crippen LogP contribution is 2.58. The van der Waals surface area contributed by atoms with Gasteiger partial charge in [-0.25, -0.2) is 0 Å². The number of anilines is 5. The van der Waals surface area contributed by atoms with E-state index in [2.05, 4.69) is 180 Å². The van der Waals surface area contributed by atoms with Gasteiger partial charge in [0, 0.05) is 45.5 Å². The summed E-state index contributed by atoms with van der Waals surface area (Å²) in [6.07, 6.45) is 2.36. The standard InChI is InChI=1S/C52H45BN2OS/c1-30-25-36-37(51(4,5)24-23-50(36,2)3)27-40(30)54-41-29-44-46(57-45-22-13-12-21-43(45)56-44)28-38(41)53-48-42(54)26-31-15-8-9-16-32(31)47(48)33-17-14-19-35-49(33)55(53)39-20-11-10-18-34(39)52(35,6)7/h8-22,25-29H,23-24H2,1-7H3. The third-order valence-electron chi connectivity index (χ3n) is 14.2. The predicted octanol–water partition coefficient (Wildman–Crippen LogP) is 13.1. The Morgan fingerprint density at radius 3 is 2.16 bits per heavy atom. The summed E-state index contributed by atoms with van der Waals surface area (Å²) in [5.74, 6) is 1.84. The van der Waals surface area contributed by atoms with Gasteiger partial charge in [0.25, 0.3) is 0 Å². The number of rotatable bonds is 1. The topological polar surface area (TPSA) is 15.7 Å². The van der Waals surface area contributed by atoms with Crippen LogP contribution in [0.3, 0.4) is 0 Å². The van der Waals surface area contributed by atoms with E-state index in [1.165, 1.54) is 102 Å². The van der Waals surface area contributed by atoms with Gasteiger partial charge in [-0.2, -0.15) is 0 Å². The zero-order chi connectivity index (χ0) is 38.7. The summed E-state index contributed by atoms with van der Waals surface area (Å²) in [7, 11) is 0. The molecule has 278 valence electrons. The van der Waals surface area contributed by atoms with E-state index >= 15 is 0 Å². The zero-order valence-corrected chi connectivity index (χ0v) is 34.6. The molecule has 5 heteroatoms. The molecule has 0 bridgehead atoms. The molecule has 0 radical (unpaired) electrons. The minimum absolute atomic E-state index is 0.0619. The number of aryl methyl sites for hydroxylation is 1. The molecule has 4 heterocycles. The van der Waals surface area contributed by atoms with Crippen molar-refractivity contribution in [3.8, 4) is 22.6 Å². The van der Waals surface area contributed by atoms with Gasteiger partial charge in [-0.3, -0.25) is 0 Å². The number of benzene rings is 7. The lowest BCUT2D eigenvalue weighted by Gasteiger charge is -2.51. The van der Waals surface area contributed by atoms with E-state index in [4.69, 9.17) is 4.74 Å². The summed E-state index contributed by atoms with van der Waals surface area (Å²) >= 11 is 1.83. The van der Waals surface area contributed by atoms with Crippen molar-refractivity contribution in [1.29, 1.82) is 0 Å². The van der Waals surface area contributed by atoms with Crippen LogP contribution in [0.5, 0.6) is 11.5 Å². The van der Waals surface area contributed by atoms with Gasteiger partial charge in [-0.1, -0.05) is 132 Å². The molecule has 0 unspecified atom stereocenters. The van der Waals surface area contributed by atoms with Crippen LogP contribution in [0.25, 0.3) is 21.9 Å². The second-order valence-electron chi connectivity index (χ2n) is 18.8. The lowest BCUT2D eigenvalue weighted by atomic mass is 9.42. The second-order valence-corrected chi connectivity index (χ2v) is 19.9. The van der Waals surface area contributed by atoms with Crippen LogP contribution >= 0.6 is 11.8 Å². The van der Waals surface area contributed by atoms with Gasteiger partial charge < -0.3 is 14.4 Å². The van der Waals surface area contributed by atoms with E-state index in [0.717, 1.165) is 21.3 Å². The molecule has 0 amide bonds. The third kappa shape index (κ3) is 4.41. The first-order valence-corrected chi connectivity index (χ1v) is 21.4. The van der Waals surface area contributed by atoms with E-state index in [0.29, 0.717) is 0 Å². The molecule has 1 aliphatic carbocycles. The average molecular weight is 757 g/mol. The molecule has 0 saturated carbocycles. The minimum atomic E-state index is -0.170. The Balaban J connectivity index is 1.23. The van der Waals surface area contributed by atoms with E-state index in [1.807, 2.05) is 11.8 Å². The first-order valence-electron chi connectivity index (χ1n) is 20.6. The van der Waals surface area contributed by atoms with Crippen molar-refractivity contribution in [1.82, 2.24) is 0 Å². The van der Waals surface area contributed by atoms with Crippen molar-refractivity contribution in [3.05, 3.63) is 149 Å². The van der Waals surface area contributed by atoms with Gasteiger partial charge >= 0.3 is 6.85 Å². The largest absolute Gasteiger partial charge is 0.455 e. The van der Waals surface area contributed by atoms with Gasteiger partial charge in [0.2, 0.25) is 0 Å². The van der Waals surface area contributed by atoms with Crippen molar-refractivity contribution < 1.29 is 4.74 Å². The smallest absolute Gasteiger partial charge is 0.333 e. The van der Waals surface area contributed by atoms with Crippen molar-refractivity contribution in [2.45, 2.75) is 87.3 Å². The SMILES string of the molecule is Cc1cc2c(cc1N1c3cc4c(cc3B3c5c1cc1ccccc1c5-c1cccc5c1N3c1ccccc1C5(C)C)Sc1ccccc1O4)C(C)(C)CCC2(C)C. The molecule has 0 fully saturated rings. The molecule has 0 atom stereocenters. The number of hydrogen-bond donors (Lipinski definition) is 0. The summed E-state index contributed by atoms with van der Waals surface area (Å²) in [4.78, 5) is 7.64. The fourth-order valence-corrected chi connectivity index (χ4v) is 12.1. The molecule has 12 rings (SSSR count). The fourth-order valence-electron chi connectivity index (χ4n) is 11.1. The molecule has 0 N–H and O–H groups in total. The van der Waals surface area contributed by atoms with Gasteiger partial charge in [-0.15, -0.1) is 0 Å². The monoisotopic (exact) mass is 756 g/mol. The Morgan fingerprint density at radius 1 is 0.596 bits per heavy atom. The zero-order valence-electron chi connectivity index (χ0n) is 33.7. The van der Waals surface area contributed by atoms with E-state index < -0.39 is 0 Å². The first-order chi connectivity index (χ1) is 27.4. The number of nitrogens with zero attached hydrogens (tertiary/aromatic N) is 2. The van der Waals surface area contributed by atoms with Crippen LogP contribution in [0.2, 0.25) is 0 Å². The van der Waals surface area contributed by atoms with Crippen LogP contribution in [-0.4, -0.2) is 6.85 Å². The number of para-hydroxylation sites is 3. The maximum Gasteiger partial charge on any atom is 0.333 e. The molecule has 7 aromatic carbocycles. The van der Waals surface area contributed by atoms with Crippen LogP contribution in [0.15, 0.2) is 131 Å². The average Bonchev–Trinajstić information content (AvgIpc) is 3.20. The summed E-state index contributed by atoms with van der Waals surface area (Å²) in [5, 5.41) is 2.57. The lowest BCUT2D eigenvalue weighted by molar-refractivity contribution is 0.332. The molecule has 3 nitrogen and oxygen atoms in total. The summed E-state index contributed by atoms with van der Waals surface area (Å²) in [5.41, 5.74) is 18.7. The van der Waals surface area contributed by atoms with E-state index in [9.17, 15) is 0 Å². The van der Waals surface area contributed by atoms with Crippen LogP contribution < -0.4 is 25.4 Å². The van der Waals surface area contributed by atoms with Crippen LogP contribution in [0.4, 0.5) is 28.4 Å². The Morgan fingerprint density at radius 2 is 1.32 bits per heavy atom. The Kier molecular flexibility index (Phi) is 6.61. The number of ether oxygens (including phenoxy) is 1. The molecule has 0 aromatic heterocycles. The van der Waals surface area contributed by atoms with Crippen molar-refractivity contribution in [2.24, 2.45) is 0 Å². The molecule has 0 spiro atoms. The predicted molar refractivity (Wildman–Crippen MR) is 240 cm³/mol. The van der Waals surface area contributed by atoms with Crippen molar-refractivity contribution >= 4 is 68.7 Å². The van der Waals surface area contributed by atoms with Crippen LogP contribution in [0.1, 0.15) is 82.2 Å². The summed E-state index contributed by atoms with van der Waals surface area (Å²) in [6.45, 7) is 16.8. The molecule has 5 aliphatic rings. The highest BCUT2D eigenvalue weighted by molar-refractivity contribution is 7.99. The van der Waals surface area contributed by atoms with Crippen LogP contribution in [0, 0.1) is 6.92 Å². The number of fused-ring (bicyclic) bond motifs is 11. The van der Waals surface area contributed by atoms with Gasteiger partial charge in [-0.05, 0) is 122 Å². The quantitative estimate of drug-likeness (QED) is 0.155. The van der Waals surface area contributed by atoms with Gasteiger partial charge in [0.05, 0.1) is 9.79 Å². The molecular weight excluding hydrogens is 711 g/mol.